The van der Waals surface area contributed by atoms with E-state index in [2.05, 4.69) is 6.08 Å². The van der Waals surface area contributed by atoms with Gasteiger partial charge < -0.3 is 19.3 Å². The lowest BCUT2D eigenvalue weighted by atomic mass is 9.82. The fourth-order valence-electron chi connectivity index (χ4n) is 10.9. The van der Waals surface area contributed by atoms with Gasteiger partial charge in [-0.3, -0.25) is 33.6 Å². The SMILES string of the molecule is C.C.COC(=O)C1CCc2c(C3=CCC(C(=O)O)CC3)nn(C(=O)c3c(Cl)cccc3C3CC3)c2C1.COC(=O)C1CCc2c(C3=CCC(C(=O)OC(C)(C)C)CC3)nn(C(=O)c3c(Cl)cccc3C3CC3)c2C1.O=CC(F)(F)F. The van der Waals surface area contributed by atoms with Gasteiger partial charge in [0.05, 0.1) is 81.8 Å². The van der Waals surface area contributed by atoms with Crippen molar-refractivity contribution in [2.45, 2.75) is 162 Å². The van der Waals surface area contributed by atoms with Crippen LogP contribution in [0.5, 0.6) is 0 Å². The predicted octanol–water partition coefficient (Wildman–Crippen LogP) is 12.6. The number of benzene rings is 2. The molecular formula is C60H71Cl2F3N4O11. The molecule has 0 saturated heterocycles. The van der Waals surface area contributed by atoms with E-state index in [1.807, 2.05) is 51.1 Å². The van der Waals surface area contributed by atoms with Gasteiger partial charge in [0.15, 0.2) is 0 Å². The second-order valence-electron chi connectivity index (χ2n) is 21.8. The Labute approximate surface area is 474 Å². The number of carboxylic acids is 1. The lowest BCUT2D eigenvalue weighted by molar-refractivity contribution is -0.160. The Morgan fingerprint density at radius 1 is 0.613 bits per heavy atom. The summed E-state index contributed by atoms with van der Waals surface area (Å²) >= 11 is 13.1. The van der Waals surface area contributed by atoms with Gasteiger partial charge in [0.1, 0.15) is 5.60 Å². The van der Waals surface area contributed by atoms with Crippen LogP contribution in [0, 0.1) is 23.7 Å². The molecule has 2 saturated carbocycles. The maximum Gasteiger partial charge on any atom is 0.446 e. The van der Waals surface area contributed by atoms with Gasteiger partial charge in [-0.15, -0.1) is 0 Å². The van der Waals surface area contributed by atoms with E-state index < -0.39 is 30.0 Å². The summed E-state index contributed by atoms with van der Waals surface area (Å²) < 4.78 is 49.8. The standard InChI is InChI=1S/C30H35ClN2O5.C26H27ClN2O5.C2HF3O.2CH4/c1-30(2,3)38-29(36)19-12-10-18(11-13-19)26-22-15-14-20(28(35)37-4)16-24(22)33(32-26)27(34)25-21(17-8-9-17)6-5-7-23(25)31;1-34-26(33)17-11-12-19-21(13-17)29(28-23(19)15-7-9-16(10-8-15)25(31)32)24(30)22-18(14-5-6-14)3-2-4-20(22)27;3-2(4,5)1-6;;/h5-7,10,17,19-20H,8-9,11-16H2,1-4H3;2-4,7,14,16-17H,5-6,8-13H2,1H3,(H,31,32);1H;2*1H4. The lowest BCUT2D eigenvalue weighted by Crippen LogP contribution is -2.29. The van der Waals surface area contributed by atoms with Crippen molar-refractivity contribution >= 4 is 76.3 Å². The molecule has 2 aromatic heterocycles. The van der Waals surface area contributed by atoms with E-state index in [0.717, 1.165) is 81.9 Å². The molecule has 2 heterocycles. The number of esters is 3. The molecule has 0 amide bonds. The van der Waals surface area contributed by atoms with Gasteiger partial charge in [0.2, 0.25) is 6.29 Å². The molecular weight excluding hydrogens is 1080 g/mol. The number of fused-ring (bicyclic) bond motifs is 2. The first-order chi connectivity index (χ1) is 37.0. The number of hydrogen-bond donors (Lipinski definition) is 1. The quantitative estimate of drug-likeness (QED) is 0.0893. The van der Waals surface area contributed by atoms with Crippen molar-refractivity contribution in [1.82, 2.24) is 19.6 Å². The van der Waals surface area contributed by atoms with E-state index in [1.54, 1.807) is 12.1 Å². The van der Waals surface area contributed by atoms with Crippen LogP contribution < -0.4 is 0 Å². The van der Waals surface area contributed by atoms with Crippen LogP contribution in [0.2, 0.25) is 10.0 Å². The van der Waals surface area contributed by atoms with Crippen LogP contribution in [0.1, 0.15) is 190 Å². The molecule has 4 unspecified atom stereocenters. The molecule has 0 aliphatic heterocycles. The van der Waals surface area contributed by atoms with Crippen molar-refractivity contribution < 1.29 is 66.1 Å². The average molecular weight is 1150 g/mol. The summed E-state index contributed by atoms with van der Waals surface area (Å²) in [6.45, 7) is 5.63. The van der Waals surface area contributed by atoms with Crippen molar-refractivity contribution in [3.8, 4) is 0 Å². The van der Waals surface area contributed by atoms with Gasteiger partial charge in [-0.2, -0.15) is 32.7 Å². The highest BCUT2D eigenvalue weighted by Gasteiger charge is 2.39. The summed E-state index contributed by atoms with van der Waals surface area (Å²) in [4.78, 5) is 85.4. The molecule has 2 aromatic carbocycles. The third-order valence-corrected chi connectivity index (χ3v) is 15.8. The van der Waals surface area contributed by atoms with Crippen molar-refractivity contribution in [1.29, 1.82) is 0 Å². The molecule has 4 atom stereocenters. The molecule has 15 nitrogen and oxygen atoms in total. The van der Waals surface area contributed by atoms with Crippen LogP contribution in [-0.4, -0.2) is 92.6 Å². The molecule has 0 bridgehead atoms. The second kappa shape index (κ2) is 26.0. The Balaban J connectivity index is 0.000000230. The van der Waals surface area contributed by atoms with Gasteiger partial charge in [0, 0.05) is 24.0 Å². The summed E-state index contributed by atoms with van der Waals surface area (Å²) in [5.41, 5.74) is 9.35. The second-order valence-corrected chi connectivity index (χ2v) is 22.6. The van der Waals surface area contributed by atoms with E-state index in [-0.39, 0.29) is 62.3 Å². The molecule has 10 rings (SSSR count). The van der Waals surface area contributed by atoms with Crippen LogP contribution in [0.25, 0.3) is 11.1 Å². The highest BCUT2D eigenvalue weighted by molar-refractivity contribution is 6.34. The first-order valence-corrected chi connectivity index (χ1v) is 27.2. The molecule has 0 radical (unpaired) electrons. The summed E-state index contributed by atoms with van der Waals surface area (Å²) in [6, 6.07) is 11.2. The minimum absolute atomic E-state index is 0. The normalized spacial score (nSPS) is 20.3. The van der Waals surface area contributed by atoms with E-state index in [9.17, 15) is 47.0 Å². The zero-order valence-corrected chi connectivity index (χ0v) is 45.7. The van der Waals surface area contributed by atoms with Crippen molar-refractivity contribution in [3.63, 3.8) is 0 Å². The summed E-state index contributed by atoms with van der Waals surface area (Å²) in [5, 5.41) is 19.8. The van der Waals surface area contributed by atoms with Gasteiger partial charge >= 0.3 is 30.1 Å². The first-order valence-electron chi connectivity index (χ1n) is 26.4. The Bertz CT molecular complexity index is 3090. The number of ether oxygens (including phenoxy) is 3. The summed E-state index contributed by atoms with van der Waals surface area (Å²) in [6.07, 6.45) is 9.18. The fourth-order valence-corrected chi connectivity index (χ4v) is 11.5. The topological polar surface area (TPSA) is 203 Å². The average Bonchev–Trinajstić information content (AvgIpc) is 4.40. The molecule has 1 N–H and O–H groups in total. The molecule has 2 fully saturated rings. The number of aldehydes is 1. The van der Waals surface area contributed by atoms with E-state index in [0.29, 0.717) is 110 Å². The summed E-state index contributed by atoms with van der Waals surface area (Å²) in [5.74, 6) is -2.62. The number of carbonyl (C=O) groups is 7. The molecule has 4 aromatic rings. The Morgan fingerprint density at radius 2 is 1.00 bits per heavy atom. The largest absolute Gasteiger partial charge is 0.481 e. The number of halogens is 5. The van der Waals surface area contributed by atoms with Crippen LogP contribution in [0.3, 0.4) is 0 Å². The van der Waals surface area contributed by atoms with Crippen molar-refractivity contribution in [2.75, 3.05) is 14.2 Å². The maximum atomic E-state index is 14.0. The lowest BCUT2D eigenvalue weighted by Gasteiger charge is -2.26. The zero-order valence-electron chi connectivity index (χ0n) is 44.2. The molecule has 0 spiro atoms. The highest BCUT2D eigenvalue weighted by Crippen LogP contribution is 2.46. The van der Waals surface area contributed by atoms with Crippen LogP contribution in [0.4, 0.5) is 13.2 Å². The van der Waals surface area contributed by atoms with Gasteiger partial charge in [-0.25, -0.2) is 0 Å². The van der Waals surface area contributed by atoms with E-state index in [4.69, 9.17) is 52.4 Å². The van der Waals surface area contributed by atoms with Crippen molar-refractivity contribution in [3.05, 3.63) is 115 Å². The van der Waals surface area contributed by atoms with E-state index in [1.165, 1.54) is 23.6 Å². The van der Waals surface area contributed by atoms with Crippen LogP contribution >= 0.6 is 23.2 Å². The van der Waals surface area contributed by atoms with Crippen LogP contribution in [0.15, 0.2) is 48.6 Å². The van der Waals surface area contributed by atoms with Gasteiger partial charge in [-0.1, -0.05) is 74.5 Å². The number of alkyl halides is 3. The zero-order chi connectivity index (χ0) is 56.4. The van der Waals surface area contributed by atoms with E-state index >= 15 is 0 Å². The molecule has 6 aliphatic rings. The molecule has 80 heavy (non-hydrogen) atoms. The molecule has 6 aliphatic carbocycles. The number of allylic oxidation sites excluding steroid dienone is 4. The van der Waals surface area contributed by atoms with Crippen molar-refractivity contribution in [2.24, 2.45) is 23.7 Å². The number of carboxylic acid groups (broad SMARTS) is 1. The Morgan fingerprint density at radius 3 is 1.32 bits per heavy atom. The number of rotatable bonds is 10. The predicted molar refractivity (Wildman–Crippen MR) is 296 cm³/mol. The third kappa shape index (κ3) is 14.4. The third-order valence-electron chi connectivity index (χ3n) is 15.2. The van der Waals surface area contributed by atoms with Gasteiger partial charge in [0.25, 0.3) is 11.8 Å². The summed E-state index contributed by atoms with van der Waals surface area (Å²) in [7, 11) is 2.77. The van der Waals surface area contributed by atoms with Crippen LogP contribution in [-0.2, 0) is 63.9 Å². The Kier molecular flexibility index (Phi) is 20.4. The fraction of sp³-hybridized carbons (Fsp3) is 0.517. The first kappa shape index (κ1) is 62.8. The maximum absolute atomic E-state index is 14.0. The molecule has 20 heteroatoms. The number of aromatic nitrogens is 4. The van der Waals surface area contributed by atoms with Gasteiger partial charge in [-0.05, 0) is 157 Å². The number of methoxy groups -OCH3 is 2. The minimum atomic E-state index is -4.64. The smallest absolute Gasteiger partial charge is 0.446 e. The monoisotopic (exact) mass is 1150 g/mol. The number of nitrogens with zero attached hydrogens (tertiary/aromatic N) is 4. The number of hydrogen-bond acceptors (Lipinski definition) is 12. The number of carbonyl (C=O) groups excluding carboxylic acids is 6. The molecule has 432 valence electrons. The highest BCUT2D eigenvalue weighted by atomic mass is 35.5. The Hall–Kier alpha value is -6.40. The minimum Gasteiger partial charge on any atom is -0.481 e. The number of aliphatic carboxylic acids is 1.